The summed E-state index contributed by atoms with van der Waals surface area (Å²) in [5, 5.41) is 4.87. The normalized spacial score (nSPS) is 14.0. The molecule has 0 aliphatic heterocycles. The summed E-state index contributed by atoms with van der Waals surface area (Å²) >= 11 is 0. The number of nitrogens with zero attached hydrogens (tertiary/aromatic N) is 9. The number of fused-ring (bicyclic) bond motifs is 17. The Hall–Kier alpha value is -18.1. The van der Waals surface area contributed by atoms with Crippen LogP contribution in [0.5, 0.6) is 0 Å². The number of hydrogen-bond acceptors (Lipinski definition) is 9. The van der Waals surface area contributed by atoms with Crippen molar-refractivity contribution < 1.29 is 0 Å². The average Bonchev–Trinajstić information content (AvgIpc) is 1.54. The zero-order chi connectivity index (χ0) is 99.0. The largest absolute Gasteiger partial charge is 0.208 e. The standard InChI is InChI=1S/C58H43N3.2C40H29N3/c1-56(2)47-24-14-11-21-41(47)44-30-27-36(33-50(44)56)53-59-54(37-28-31-45-42-22-12-15-25-48(42)57(3,4)51(45)34-37)61-55(60-53)38-29-32-46-43-23-13-16-26-49(43)58(52(46)35-38,39-17-7-5-8-18-39)40-19-9-6-10-20-40;1-40(2)33-20-12-11-19-32(33)35-34(40)25-30-17-9-10-18-31(30)36(35)39-42-37(28-15-7-4-8-16-28)41-38(43-39)29-23-21-27(22-24-29)26-13-5-3-6-14-26;1-40(2)35-25-32(21-22-33(35)34-23-30-15-9-10-16-31(30)24-36(34)40)39-42-37(28-13-7-4-8-14-28)41-38(43-39)29-19-17-27(18-20-29)26-11-5-3-6-12-26/h5-35H,1-4H3;2*3-25H,1-2H3. The van der Waals surface area contributed by atoms with Gasteiger partial charge in [0.25, 0.3) is 0 Å². The molecule has 20 aromatic carbocycles. The maximum absolute atomic E-state index is 5.40. The zero-order valence-corrected chi connectivity index (χ0v) is 83.0. The minimum atomic E-state index is -0.537. The van der Waals surface area contributed by atoms with Gasteiger partial charge in [0.2, 0.25) is 0 Å². The summed E-state index contributed by atoms with van der Waals surface area (Å²) in [4.78, 5) is 46.6. The molecule has 0 fully saturated rings. The Morgan fingerprint density at radius 3 is 0.789 bits per heavy atom. The monoisotopic (exact) mass is 1880 g/mol. The third kappa shape index (κ3) is 15.0. The average molecular weight is 1890 g/mol. The van der Waals surface area contributed by atoms with Crippen molar-refractivity contribution in [2.75, 3.05) is 0 Å². The molecule has 0 atom stereocenters. The predicted octanol–water partition coefficient (Wildman–Crippen LogP) is 33.8. The molecule has 9 heteroatoms. The highest BCUT2D eigenvalue weighted by Crippen LogP contribution is 2.60. The van der Waals surface area contributed by atoms with Crippen LogP contribution < -0.4 is 0 Å². The second-order valence-electron chi connectivity index (χ2n) is 41.4. The van der Waals surface area contributed by atoms with Crippen LogP contribution in [0.25, 0.3) is 202 Å². The first-order valence-corrected chi connectivity index (χ1v) is 50.8. The summed E-state index contributed by atoms with van der Waals surface area (Å²) in [5.41, 5.74) is 40.6. The van der Waals surface area contributed by atoms with E-state index in [1.54, 1.807) is 0 Å². The first kappa shape index (κ1) is 89.1. The lowest BCUT2D eigenvalue weighted by Crippen LogP contribution is -2.28. The third-order valence-electron chi connectivity index (χ3n) is 31.5. The molecule has 28 rings (SSSR count). The molecule has 0 N–H and O–H groups in total. The fourth-order valence-electron chi connectivity index (χ4n) is 23.9. The van der Waals surface area contributed by atoms with Gasteiger partial charge in [-0.05, 0) is 209 Å². The molecule has 0 saturated carbocycles. The van der Waals surface area contributed by atoms with Gasteiger partial charge in [-0.25, -0.2) is 44.9 Å². The van der Waals surface area contributed by atoms with Crippen LogP contribution in [0.4, 0.5) is 0 Å². The predicted molar refractivity (Wildman–Crippen MR) is 602 cm³/mol. The molecule has 0 bridgehead atoms. The Bertz CT molecular complexity index is 9010. The maximum atomic E-state index is 5.40. The van der Waals surface area contributed by atoms with Crippen LogP contribution in [0.15, 0.2) is 467 Å². The van der Waals surface area contributed by atoms with E-state index >= 15 is 0 Å². The number of aromatic nitrogens is 9. The Morgan fingerprint density at radius 1 is 0.136 bits per heavy atom. The van der Waals surface area contributed by atoms with Gasteiger partial charge in [0.05, 0.1) is 5.41 Å². The fourth-order valence-corrected chi connectivity index (χ4v) is 23.9. The van der Waals surface area contributed by atoms with Gasteiger partial charge in [0.15, 0.2) is 52.4 Å². The lowest BCUT2D eigenvalue weighted by molar-refractivity contribution is 0.660. The van der Waals surface area contributed by atoms with Crippen LogP contribution in [0, 0.1) is 0 Å². The molecule has 3 heterocycles. The lowest BCUT2D eigenvalue weighted by Gasteiger charge is -2.34. The van der Waals surface area contributed by atoms with E-state index in [9.17, 15) is 0 Å². The van der Waals surface area contributed by atoms with Crippen LogP contribution in [-0.4, -0.2) is 44.9 Å². The van der Waals surface area contributed by atoms with Crippen LogP contribution in [0.2, 0.25) is 0 Å². The van der Waals surface area contributed by atoms with Gasteiger partial charge in [-0.1, -0.05) is 480 Å². The molecule has 0 amide bonds. The lowest BCUT2D eigenvalue weighted by atomic mass is 9.67. The molecule has 698 valence electrons. The van der Waals surface area contributed by atoms with Crippen LogP contribution in [0.1, 0.15) is 122 Å². The van der Waals surface area contributed by atoms with Crippen molar-refractivity contribution in [2.45, 2.75) is 82.5 Å². The summed E-state index contributed by atoms with van der Waals surface area (Å²) < 4.78 is 0. The first-order valence-electron chi connectivity index (χ1n) is 50.8. The minimum Gasteiger partial charge on any atom is -0.208 e. The summed E-state index contributed by atoms with van der Waals surface area (Å²) in [6.07, 6.45) is 0. The van der Waals surface area contributed by atoms with Crippen molar-refractivity contribution in [2.24, 2.45) is 0 Å². The molecule has 0 unspecified atom stereocenters. The molecular formula is C138H101N9. The molecule has 0 saturated heterocycles. The summed E-state index contributed by atoms with van der Waals surface area (Å²) in [6.45, 7) is 18.6. The van der Waals surface area contributed by atoms with E-state index in [-0.39, 0.29) is 21.7 Å². The minimum absolute atomic E-state index is 0.143. The second-order valence-corrected chi connectivity index (χ2v) is 41.4. The van der Waals surface area contributed by atoms with E-state index in [4.69, 9.17) is 44.9 Å². The molecule has 0 radical (unpaired) electrons. The van der Waals surface area contributed by atoms with Crippen molar-refractivity contribution in [3.63, 3.8) is 0 Å². The first-order chi connectivity index (χ1) is 71.9. The van der Waals surface area contributed by atoms with Crippen molar-refractivity contribution >= 4 is 21.5 Å². The second kappa shape index (κ2) is 35.2. The Balaban J connectivity index is 0.000000115. The van der Waals surface area contributed by atoms with Gasteiger partial charge < -0.3 is 0 Å². The molecule has 9 nitrogen and oxygen atoms in total. The Morgan fingerprint density at radius 2 is 0.374 bits per heavy atom. The smallest absolute Gasteiger partial charge is 0.165 e. The highest BCUT2D eigenvalue weighted by atomic mass is 15.1. The maximum Gasteiger partial charge on any atom is 0.165 e. The molecule has 23 aromatic rings. The van der Waals surface area contributed by atoms with Crippen molar-refractivity contribution in [3.05, 3.63) is 534 Å². The summed E-state index contributed by atoms with van der Waals surface area (Å²) in [5.74, 6) is 6.01. The van der Waals surface area contributed by atoms with E-state index in [0.717, 1.165) is 66.6 Å². The van der Waals surface area contributed by atoms with Gasteiger partial charge in [-0.2, -0.15) is 0 Å². The molecule has 5 aliphatic rings. The van der Waals surface area contributed by atoms with E-state index in [2.05, 4.69) is 474 Å². The number of hydrogen-bond donors (Lipinski definition) is 0. The zero-order valence-electron chi connectivity index (χ0n) is 83.0. The summed E-state index contributed by atoms with van der Waals surface area (Å²) in [6, 6.07) is 167. The van der Waals surface area contributed by atoms with Crippen molar-refractivity contribution in [3.8, 4) is 180 Å². The van der Waals surface area contributed by atoms with Gasteiger partial charge >= 0.3 is 0 Å². The van der Waals surface area contributed by atoms with Crippen LogP contribution in [-0.2, 0) is 27.1 Å². The van der Waals surface area contributed by atoms with Crippen LogP contribution in [0.3, 0.4) is 0 Å². The third-order valence-corrected chi connectivity index (χ3v) is 31.5. The Kier molecular flexibility index (Phi) is 21.3. The van der Waals surface area contributed by atoms with E-state index < -0.39 is 5.41 Å². The topological polar surface area (TPSA) is 116 Å². The Labute approximate surface area is 857 Å². The number of benzene rings is 20. The van der Waals surface area contributed by atoms with Crippen molar-refractivity contribution in [1.82, 2.24) is 44.9 Å². The van der Waals surface area contributed by atoms with Gasteiger partial charge in [-0.15, -0.1) is 0 Å². The van der Waals surface area contributed by atoms with E-state index in [0.29, 0.717) is 52.4 Å². The molecule has 3 aromatic heterocycles. The van der Waals surface area contributed by atoms with Gasteiger partial charge in [-0.3, -0.25) is 0 Å². The van der Waals surface area contributed by atoms with E-state index in [1.165, 1.54) is 150 Å². The highest BCUT2D eigenvalue weighted by molar-refractivity contribution is 6.07. The molecule has 0 spiro atoms. The fraction of sp³-hybridized carbons (Fsp3) is 0.0942. The molecule has 5 aliphatic carbocycles. The quantitative estimate of drug-likeness (QED) is 0.111. The molecular weight excluding hydrogens is 1780 g/mol. The van der Waals surface area contributed by atoms with E-state index in [1.807, 2.05) is 48.5 Å². The van der Waals surface area contributed by atoms with Gasteiger partial charge in [0, 0.05) is 71.7 Å². The van der Waals surface area contributed by atoms with Crippen LogP contribution >= 0.6 is 0 Å². The molecule has 147 heavy (non-hydrogen) atoms. The number of rotatable bonds is 13. The summed E-state index contributed by atoms with van der Waals surface area (Å²) in [7, 11) is 0. The SMILES string of the molecule is CC1(C)c2cc(-c3nc(-c4ccccc4)nc(-c4ccc(-c5ccccc5)cc4)n3)ccc2-c2cc3ccccc3cc21.CC1(C)c2ccccc2-c2c1cc1ccccc1c2-c1nc(-c2ccccc2)nc(-c2ccc(-c3ccccc3)cc2)n1.CC1(C)c2ccccc2-c2ccc(-c3nc(-c4ccc5c(c4)C(C)(C)c4ccccc4-5)nc(-c4ccc5c(c4)C(c4ccccc4)(c4ccccc4)c4ccccc4-5)n3)cc21. The highest BCUT2D eigenvalue weighted by Gasteiger charge is 2.48. The van der Waals surface area contributed by atoms with Gasteiger partial charge in [0.1, 0.15) is 0 Å². The van der Waals surface area contributed by atoms with Crippen molar-refractivity contribution in [1.29, 1.82) is 0 Å².